The molecule has 0 bridgehead atoms. The standard InChI is InChI=1S/C7H8BrN/c8-7-4-3-6(9-7)5-1-2-5/h3-5,9H,1-2H2. The van der Waals surface area contributed by atoms with Gasteiger partial charge in [0.05, 0.1) is 4.60 Å². The van der Waals surface area contributed by atoms with E-state index in [-0.39, 0.29) is 0 Å². The molecule has 9 heavy (non-hydrogen) atoms. The van der Waals surface area contributed by atoms with E-state index in [4.69, 9.17) is 0 Å². The topological polar surface area (TPSA) is 15.8 Å². The minimum atomic E-state index is 0.844. The molecule has 0 spiro atoms. The molecule has 0 aliphatic heterocycles. The molecule has 0 amide bonds. The zero-order valence-electron chi connectivity index (χ0n) is 5.02. The lowest BCUT2D eigenvalue weighted by molar-refractivity contribution is 1.04. The Morgan fingerprint density at radius 3 is 2.67 bits per heavy atom. The van der Waals surface area contributed by atoms with Crippen molar-refractivity contribution < 1.29 is 0 Å². The monoisotopic (exact) mass is 185 g/mol. The van der Waals surface area contributed by atoms with Crippen LogP contribution < -0.4 is 0 Å². The summed E-state index contributed by atoms with van der Waals surface area (Å²) in [4.78, 5) is 3.25. The highest BCUT2D eigenvalue weighted by Gasteiger charge is 2.24. The van der Waals surface area contributed by atoms with Crippen molar-refractivity contribution in [3.05, 3.63) is 22.4 Å². The van der Waals surface area contributed by atoms with Crippen LogP contribution in [0.2, 0.25) is 0 Å². The van der Waals surface area contributed by atoms with Crippen molar-refractivity contribution >= 4 is 15.9 Å². The summed E-state index contributed by atoms with van der Waals surface area (Å²) >= 11 is 3.37. The fraction of sp³-hybridized carbons (Fsp3) is 0.429. The van der Waals surface area contributed by atoms with Gasteiger partial charge in [0.25, 0.3) is 0 Å². The van der Waals surface area contributed by atoms with E-state index in [1.807, 2.05) is 0 Å². The highest BCUT2D eigenvalue weighted by Crippen LogP contribution is 2.39. The Morgan fingerprint density at radius 2 is 2.22 bits per heavy atom. The molecule has 1 aliphatic rings. The molecule has 1 saturated carbocycles. The number of rotatable bonds is 1. The highest BCUT2D eigenvalue weighted by molar-refractivity contribution is 9.10. The molecule has 1 fully saturated rings. The van der Waals surface area contributed by atoms with Gasteiger partial charge in [-0.3, -0.25) is 0 Å². The number of aromatic amines is 1. The summed E-state index contributed by atoms with van der Waals surface area (Å²) in [7, 11) is 0. The molecular formula is C7H8BrN. The van der Waals surface area contributed by atoms with Crippen molar-refractivity contribution in [2.24, 2.45) is 0 Å². The minimum absolute atomic E-state index is 0.844. The lowest BCUT2D eigenvalue weighted by Gasteiger charge is -1.86. The normalized spacial score (nSPS) is 18.3. The van der Waals surface area contributed by atoms with E-state index in [1.165, 1.54) is 18.5 Å². The second kappa shape index (κ2) is 1.87. The fourth-order valence-electron chi connectivity index (χ4n) is 1.02. The Labute approximate surface area is 62.6 Å². The quantitative estimate of drug-likeness (QED) is 0.693. The molecule has 1 aromatic heterocycles. The maximum Gasteiger partial charge on any atom is 0.0822 e. The molecular weight excluding hydrogens is 178 g/mol. The van der Waals surface area contributed by atoms with Gasteiger partial charge in [-0.05, 0) is 46.8 Å². The van der Waals surface area contributed by atoms with E-state index in [1.54, 1.807) is 0 Å². The van der Waals surface area contributed by atoms with E-state index in [0.29, 0.717) is 0 Å². The molecule has 0 saturated heterocycles. The van der Waals surface area contributed by atoms with Gasteiger partial charge >= 0.3 is 0 Å². The smallest absolute Gasteiger partial charge is 0.0822 e. The van der Waals surface area contributed by atoms with Crippen molar-refractivity contribution in [2.75, 3.05) is 0 Å². The van der Waals surface area contributed by atoms with Crippen molar-refractivity contribution in [2.45, 2.75) is 18.8 Å². The Hall–Kier alpha value is -0.240. The molecule has 0 atom stereocenters. The minimum Gasteiger partial charge on any atom is -0.353 e. The predicted molar refractivity (Wildman–Crippen MR) is 40.5 cm³/mol. The maximum absolute atomic E-state index is 3.37. The van der Waals surface area contributed by atoms with Gasteiger partial charge in [0, 0.05) is 5.69 Å². The molecule has 0 radical (unpaired) electrons. The molecule has 1 aliphatic carbocycles. The first-order valence-corrected chi connectivity index (χ1v) is 4.00. The van der Waals surface area contributed by atoms with Crippen LogP contribution in [0.5, 0.6) is 0 Å². The van der Waals surface area contributed by atoms with E-state index < -0.39 is 0 Å². The fourth-order valence-corrected chi connectivity index (χ4v) is 1.38. The first-order chi connectivity index (χ1) is 4.36. The predicted octanol–water partition coefficient (Wildman–Crippen LogP) is 2.65. The number of nitrogens with one attached hydrogen (secondary N) is 1. The zero-order chi connectivity index (χ0) is 6.27. The third-order valence-corrected chi connectivity index (χ3v) is 2.15. The van der Waals surface area contributed by atoms with Crippen LogP contribution in [0.1, 0.15) is 24.5 Å². The summed E-state index contributed by atoms with van der Waals surface area (Å²) in [6.45, 7) is 0. The van der Waals surface area contributed by atoms with Crippen molar-refractivity contribution in [1.29, 1.82) is 0 Å². The third kappa shape index (κ3) is 1.04. The molecule has 2 rings (SSSR count). The second-order valence-corrected chi connectivity index (χ2v) is 3.39. The number of hydrogen-bond donors (Lipinski definition) is 1. The van der Waals surface area contributed by atoms with Gasteiger partial charge in [0.15, 0.2) is 0 Å². The summed E-state index contributed by atoms with van der Waals surface area (Å²) in [5.74, 6) is 0.844. The lowest BCUT2D eigenvalue weighted by atomic mass is 10.3. The van der Waals surface area contributed by atoms with E-state index >= 15 is 0 Å². The highest BCUT2D eigenvalue weighted by atomic mass is 79.9. The van der Waals surface area contributed by atoms with Crippen LogP contribution in [0.15, 0.2) is 16.7 Å². The summed E-state index contributed by atoms with van der Waals surface area (Å²) in [5.41, 5.74) is 1.39. The number of halogens is 1. The van der Waals surface area contributed by atoms with Gasteiger partial charge in [-0.15, -0.1) is 0 Å². The number of H-pyrrole nitrogens is 1. The van der Waals surface area contributed by atoms with Crippen molar-refractivity contribution in [1.82, 2.24) is 4.98 Å². The van der Waals surface area contributed by atoms with Gasteiger partial charge < -0.3 is 4.98 Å². The molecule has 0 aromatic carbocycles. The van der Waals surface area contributed by atoms with Crippen molar-refractivity contribution in [3.8, 4) is 0 Å². The molecule has 2 heteroatoms. The first kappa shape index (κ1) is 5.54. The molecule has 1 nitrogen and oxygen atoms in total. The summed E-state index contributed by atoms with van der Waals surface area (Å²) in [6, 6.07) is 4.22. The lowest BCUT2D eigenvalue weighted by Crippen LogP contribution is -1.74. The summed E-state index contributed by atoms with van der Waals surface area (Å²) in [5, 5.41) is 0. The molecule has 0 unspecified atom stereocenters. The molecule has 1 aromatic rings. The van der Waals surface area contributed by atoms with Crippen LogP contribution in [0.25, 0.3) is 0 Å². The SMILES string of the molecule is Brc1ccc(C2CC2)[nH]1. The van der Waals surface area contributed by atoms with Crippen LogP contribution in [0.4, 0.5) is 0 Å². The van der Waals surface area contributed by atoms with Crippen LogP contribution in [-0.2, 0) is 0 Å². The number of aromatic nitrogens is 1. The van der Waals surface area contributed by atoms with Gasteiger partial charge in [-0.1, -0.05) is 0 Å². The van der Waals surface area contributed by atoms with E-state index in [2.05, 4.69) is 33.0 Å². The van der Waals surface area contributed by atoms with Crippen LogP contribution >= 0.6 is 15.9 Å². The third-order valence-electron chi connectivity index (χ3n) is 1.69. The van der Waals surface area contributed by atoms with Crippen LogP contribution in [0.3, 0.4) is 0 Å². The second-order valence-electron chi connectivity index (χ2n) is 2.54. The average molecular weight is 186 g/mol. The van der Waals surface area contributed by atoms with E-state index in [0.717, 1.165) is 10.5 Å². The van der Waals surface area contributed by atoms with Crippen LogP contribution in [-0.4, -0.2) is 4.98 Å². The van der Waals surface area contributed by atoms with Gasteiger partial charge in [0.2, 0.25) is 0 Å². The Morgan fingerprint density at radius 1 is 1.44 bits per heavy atom. The van der Waals surface area contributed by atoms with E-state index in [9.17, 15) is 0 Å². The Balaban J connectivity index is 2.28. The first-order valence-electron chi connectivity index (χ1n) is 3.20. The molecule has 1 heterocycles. The molecule has 1 N–H and O–H groups in total. The van der Waals surface area contributed by atoms with Gasteiger partial charge in [-0.25, -0.2) is 0 Å². The Bertz CT molecular complexity index is 212. The molecule has 48 valence electrons. The average Bonchev–Trinajstić information content (AvgIpc) is 2.58. The summed E-state index contributed by atoms with van der Waals surface area (Å²) in [6.07, 6.45) is 2.74. The number of hydrogen-bond acceptors (Lipinski definition) is 0. The maximum atomic E-state index is 3.37. The van der Waals surface area contributed by atoms with Crippen molar-refractivity contribution in [3.63, 3.8) is 0 Å². The zero-order valence-corrected chi connectivity index (χ0v) is 6.61. The van der Waals surface area contributed by atoms with Gasteiger partial charge in [-0.2, -0.15) is 0 Å². The largest absolute Gasteiger partial charge is 0.353 e. The van der Waals surface area contributed by atoms with Crippen LogP contribution in [0, 0.1) is 0 Å². The Kier molecular flexibility index (Phi) is 1.15. The summed E-state index contributed by atoms with van der Waals surface area (Å²) < 4.78 is 1.10. The van der Waals surface area contributed by atoms with Gasteiger partial charge in [0.1, 0.15) is 0 Å².